The summed E-state index contributed by atoms with van der Waals surface area (Å²) >= 11 is 0. The van der Waals surface area contributed by atoms with Crippen LogP contribution in [0.4, 0.5) is 15.8 Å². The van der Waals surface area contributed by atoms with E-state index in [4.69, 9.17) is 5.73 Å². The van der Waals surface area contributed by atoms with Crippen molar-refractivity contribution in [3.8, 4) is 0 Å². The molecule has 3 heteroatoms. The van der Waals surface area contributed by atoms with Crippen molar-refractivity contribution in [1.29, 1.82) is 0 Å². The van der Waals surface area contributed by atoms with Crippen LogP contribution in [0.25, 0.3) is 0 Å². The predicted octanol–water partition coefficient (Wildman–Crippen LogP) is 3.75. The van der Waals surface area contributed by atoms with Gasteiger partial charge in [-0.15, -0.1) is 0 Å². The third-order valence-electron chi connectivity index (χ3n) is 4.11. The molecule has 0 bridgehead atoms. The van der Waals surface area contributed by atoms with Gasteiger partial charge in [-0.2, -0.15) is 0 Å². The molecular formula is C17H19FN2. The van der Waals surface area contributed by atoms with Crippen LogP contribution in [-0.4, -0.2) is 6.04 Å². The Bertz CT molecular complexity index is 624. The van der Waals surface area contributed by atoms with E-state index in [1.807, 2.05) is 0 Å². The van der Waals surface area contributed by atoms with E-state index in [0.29, 0.717) is 11.7 Å². The highest BCUT2D eigenvalue weighted by Crippen LogP contribution is 2.32. The Morgan fingerprint density at radius 3 is 2.85 bits per heavy atom. The quantitative estimate of drug-likeness (QED) is 0.842. The van der Waals surface area contributed by atoms with Crippen LogP contribution in [0.1, 0.15) is 24.5 Å². The molecule has 20 heavy (non-hydrogen) atoms. The Morgan fingerprint density at radius 1 is 1.25 bits per heavy atom. The van der Waals surface area contributed by atoms with Gasteiger partial charge in [-0.25, -0.2) is 4.39 Å². The van der Waals surface area contributed by atoms with Crippen LogP contribution >= 0.6 is 0 Å². The number of para-hydroxylation sites is 1. The molecular weight excluding hydrogens is 251 g/mol. The summed E-state index contributed by atoms with van der Waals surface area (Å²) < 4.78 is 13.1. The second-order valence-electron chi connectivity index (χ2n) is 5.49. The monoisotopic (exact) mass is 270 g/mol. The molecule has 0 saturated carbocycles. The van der Waals surface area contributed by atoms with Gasteiger partial charge in [0.25, 0.3) is 0 Å². The molecule has 0 aromatic heterocycles. The van der Waals surface area contributed by atoms with E-state index in [1.54, 1.807) is 6.07 Å². The highest BCUT2D eigenvalue weighted by Gasteiger charge is 2.23. The number of halogens is 1. The first-order valence-electron chi connectivity index (χ1n) is 7.03. The Kier molecular flexibility index (Phi) is 3.35. The first-order chi connectivity index (χ1) is 9.65. The maximum absolute atomic E-state index is 13.1. The van der Waals surface area contributed by atoms with Crippen molar-refractivity contribution in [2.24, 2.45) is 0 Å². The van der Waals surface area contributed by atoms with Crippen LogP contribution in [0.3, 0.4) is 0 Å². The van der Waals surface area contributed by atoms with Crippen molar-refractivity contribution >= 4 is 11.4 Å². The number of benzene rings is 2. The number of nitrogen functional groups attached to an aromatic ring is 1. The first-order valence-corrected chi connectivity index (χ1v) is 7.03. The zero-order chi connectivity index (χ0) is 14.1. The van der Waals surface area contributed by atoms with Crippen LogP contribution in [0.5, 0.6) is 0 Å². The third kappa shape index (κ3) is 2.36. The fourth-order valence-electron chi connectivity index (χ4n) is 2.89. The fraction of sp³-hybridized carbons (Fsp3) is 0.294. The number of hydrogen-bond acceptors (Lipinski definition) is 2. The zero-order valence-corrected chi connectivity index (χ0v) is 11.6. The van der Waals surface area contributed by atoms with Crippen LogP contribution < -0.4 is 10.6 Å². The number of aryl methyl sites for hydroxylation is 1. The zero-order valence-electron chi connectivity index (χ0n) is 11.6. The Labute approximate surface area is 119 Å². The second-order valence-corrected chi connectivity index (χ2v) is 5.49. The summed E-state index contributed by atoms with van der Waals surface area (Å²) in [7, 11) is 0. The number of nitrogens with zero attached hydrogens (tertiary/aromatic N) is 1. The Balaban J connectivity index is 1.93. The van der Waals surface area contributed by atoms with Gasteiger partial charge in [0.2, 0.25) is 0 Å². The molecule has 0 radical (unpaired) electrons. The molecule has 1 heterocycles. The smallest absolute Gasteiger partial charge is 0.125 e. The largest absolute Gasteiger partial charge is 0.398 e. The molecule has 1 unspecified atom stereocenters. The average molecular weight is 270 g/mol. The normalized spacial score (nSPS) is 17.9. The van der Waals surface area contributed by atoms with Crippen molar-refractivity contribution in [3.05, 3.63) is 59.4 Å². The van der Waals surface area contributed by atoms with E-state index >= 15 is 0 Å². The number of rotatable bonds is 2. The van der Waals surface area contributed by atoms with Gasteiger partial charge in [0.1, 0.15) is 5.82 Å². The highest BCUT2D eigenvalue weighted by atomic mass is 19.1. The molecule has 0 saturated heterocycles. The van der Waals surface area contributed by atoms with Gasteiger partial charge >= 0.3 is 0 Å². The van der Waals surface area contributed by atoms with E-state index in [-0.39, 0.29) is 5.82 Å². The minimum absolute atomic E-state index is 0.279. The third-order valence-corrected chi connectivity index (χ3v) is 4.11. The summed E-state index contributed by atoms with van der Waals surface area (Å²) in [5.41, 5.74) is 10.1. The van der Waals surface area contributed by atoms with Crippen molar-refractivity contribution in [3.63, 3.8) is 0 Å². The van der Waals surface area contributed by atoms with Crippen molar-refractivity contribution in [2.75, 3.05) is 10.6 Å². The molecule has 3 rings (SSSR count). The lowest BCUT2D eigenvalue weighted by Crippen LogP contribution is -2.36. The summed E-state index contributed by atoms with van der Waals surface area (Å²) in [4.78, 5) is 2.36. The Morgan fingerprint density at radius 2 is 2.05 bits per heavy atom. The fourth-order valence-corrected chi connectivity index (χ4v) is 2.89. The minimum atomic E-state index is -0.279. The van der Waals surface area contributed by atoms with Crippen molar-refractivity contribution in [2.45, 2.75) is 32.4 Å². The van der Waals surface area contributed by atoms with Crippen LogP contribution in [0.15, 0.2) is 42.5 Å². The van der Waals surface area contributed by atoms with Gasteiger partial charge in [-0.3, -0.25) is 0 Å². The summed E-state index contributed by atoms with van der Waals surface area (Å²) in [6.45, 7) is 2.96. The summed E-state index contributed by atoms with van der Waals surface area (Å²) in [6.07, 6.45) is 2.25. The molecule has 2 aromatic rings. The molecule has 0 fully saturated rings. The van der Waals surface area contributed by atoms with Gasteiger partial charge in [-0.05, 0) is 49.1 Å². The molecule has 0 aliphatic carbocycles. The molecule has 2 N–H and O–H groups in total. The number of hydrogen-bond donors (Lipinski definition) is 1. The number of nitrogens with two attached hydrogens (primary N) is 1. The molecule has 2 nitrogen and oxygen atoms in total. The number of anilines is 2. The first kappa shape index (κ1) is 13.0. The molecule has 0 amide bonds. The summed E-state index contributed by atoms with van der Waals surface area (Å²) in [5.74, 6) is -0.279. The molecule has 1 atom stereocenters. The SMILES string of the molecule is CC1CCc2ccccc2N1Cc1ccc(F)cc1N. The van der Waals surface area contributed by atoms with E-state index in [0.717, 1.165) is 24.9 Å². The van der Waals surface area contributed by atoms with E-state index in [1.165, 1.54) is 23.4 Å². The molecule has 1 aliphatic heterocycles. The summed E-state index contributed by atoms with van der Waals surface area (Å²) in [5, 5.41) is 0. The maximum Gasteiger partial charge on any atom is 0.125 e. The highest BCUT2D eigenvalue weighted by molar-refractivity contribution is 5.58. The van der Waals surface area contributed by atoms with E-state index in [2.05, 4.69) is 36.1 Å². The lowest BCUT2D eigenvalue weighted by atomic mass is 9.96. The lowest BCUT2D eigenvalue weighted by Gasteiger charge is -2.37. The molecule has 0 spiro atoms. The van der Waals surface area contributed by atoms with Crippen molar-refractivity contribution in [1.82, 2.24) is 0 Å². The van der Waals surface area contributed by atoms with Gasteiger partial charge in [0, 0.05) is 24.0 Å². The lowest BCUT2D eigenvalue weighted by molar-refractivity contribution is 0.560. The van der Waals surface area contributed by atoms with Gasteiger partial charge in [0.15, 0.2) is 0 Å². The van der Waals surface area contributed by atoms with Gasteiger partial charge in [0.05, 0.1) is 0 Å². The van der Waals surface area contributed by atoms with Gasteiger partial charge < -0.3 is 10.6 Å². The maximum atomic E-state index is 13.1. The van der Waals surface area contributed by atoms with Crippen molar-refractivity contribution < 1.29 is 4.39 Å². The van der Waals surface area contributed by atoms with Crippen LogP contribution in [0.2, 0.25) is 0 Å². The van der Waals surface area contributed by atoms with Gasteiger partial charge in [-0.1, -0.05) is 24.3 Å². The van der Waals surface area contributed by atoms with E-state index < -0.39 is 0 Å². The summed E-state index contributed by atoms with van der Waals surface area (Å²) in [6, 6.07) is 13.6. The van der Waals surface area contributed by atoms with E-state index in [9.17, 15) is 4.39 Å². The molecule has 104 valence electrons. The van der Waals surface area contributed by atoms with Crippen LogP contribution in [0, 0.1) is 5.82 Å². The topological polar surface area (TPSA) is 29.3 Å². The predicted molar refractivity (Wildman–Crippen MR) is 81.2 cm³/mol. The standard InChI is InChI=1S/C17H19FN2/c1-12-6-7-13-4-2-3-5-17(13)20(12)11-14-8-9-15(18)10-16(14)19/h2-5,8-10,12H,6-7,11,19H2,1H3. The van der Waals surface area contributed by atoms with Crippen LogP contribution in [-0.2, 0) is 13.0 Å². The Hall–Kier alpha value is -2.03. The average Bonchev–Trinajstić information content (AvgIpc) is 2.44. The number of fused-ring (bicyclic) bond motifs is 1. The minimum Gasteiger partial charge on any atom is -0.398 e. The second kappa shape index (κ2) is 5.16. The molecule has 2 aromatic carbocycles. The molecule has 1 aliphatic rings.